The van der Waals surface area contributed by atoms with Gasteiger partial charge < -0.3 is 5.32 Å². The van der Waals surface area contributed by atoms with Crippen LogP contribution < -0.4 is 5.32 Å². The fourth-order valence-corrected chi connectivity index (χ4v) is 3.72. The maximum atomic E-state index is 4.85. The minimum atomic E-state index is 0.0844. The molecule has 0 spiro atoms. The fraction of sp³-hybridized carbons (Fsp3) is 0.0800. The van der Waals surface area contributed by atoms with E-state index >= 15 is 0 Å². The lowest BCUT2D eigenvalue weighted by Crippen LogP contribution is -2.10. The summed E-state index contributed by atoms with van der Waals surface area (Å²) in [6.07, 6.45) is 3.55. The highest BCUT2D eigenvalue weighted by atomic mass is 15.1. The van der Waals surface area contributed by atoms with Crippen LogP contribution in [0.25, 0.3) is 33.1 Å². The molecule has 0 radical (unpaired) electrons. The topological polar surface area (TPSA) is 50.7 Å². The van der Waals surface area contributed by atoms with Crippen LogP contribution in [0.15, 0.2) is 91.3 Å². The Balaban J connectivity index is 1.61. The third-order valence-electron chi connectivity index (χ3n) is 5.17. The lowest BCUT2D eigenvalue weighted by atomic mass is 9.99. The van der Waals surface area contributed by atoms with E-state index in [1.807, 2.05) is 30.3 Å². The number of aromatic nitrogens is 3. The van der Waals surface area contributed by atoms with E-state index in [1.165, 1.54) is 16.3 Å². The number of rotatable bonds is 4. The smallest absolute Gasteiger partial charge is 0.163 e. The van der Waals surface area contributed by atoms with Crippen molar-refractivity contribution in [1.82, 2.24) is 15.0 Å². The van der Waals surface area contributed by atoms with Crippen molar-refractivity contribution in [3.8, 4) is 11.4 Å². The highest BCUT2D eigenvalue weighted by Crippen LogP contribution is 2.30. The van der Waals surface area contributed by atoms with Gasteiger partial charge in [0.15, 0.2) is 5.82 Å². The first-order valence-electron chi connectivity index (χ1n) is 9.71. The molecule has 29 heavy (non-hydrogen) atoms. The van der Waals surface area contributed by atoms with E-state index in [0.717, 1.165) is 22.3 Å². The zero-order chi connectivity index (χ0) is 19.6. The number of para-hydroxylation sites is 1. The molecule has 0 aliphatic carbocycles. The van der Waals surface area contributed by atoms with Gasteiger partial charge in [-0.3, -0.25) is 4.98 Å². The number of anilines is 1. The molecule has 140 valence electrons. The van der Waals surface area contributed by atoms with Crippen LogP contribution in [0.1, 0.15) is 18.5 Å². The zero-order valence-electron chi connectivity index (χ0n) is 16.1. The number of nitrogens with one attached hydrogen (secondary N) is 1. The van der Waals surface area contributed by atoms with E-state index in [1.54, 1.807) is 12.4 Å². The van der Waals surface area contributed by atoms with Gasteiger partial charge in [-0.25, -0.2) is 9.97 Å². The third-order valence-corrected chi connectivity index (χ3v) is 5.17. The van der Waals surface area contributed by atoms with Crippen molar-refractivity contribution in [2.45, 2.75) is 13.0 Å². The van der Waals surface area contributed by atoms with E-state index in [4.69, 9.17) is 9.97 Å². The molecule has 0 fully saturated rings. The summed E-state index contributed by atoms with van der Waals surface area (Å²) < 4.78 is 0. The lowest BCUT2D eigenvalue weighted by Gasteiger charge is -2.19. The summed E-state index contributed by atoms with van der Waals surface area (Å²) in [6, 6.07) is 27.0. The van der Waals surface area contributed by atoms with Crippen molar-refractivity contribution in [2.75, 3.05) is 5.32 Å². The lowest BCUT2D eigenvalue weighted by molar-refractivity contribution is 0.885. The minimum absolute atomic E-state index is 0.0844. The Morgan fingerprint density at radius 2 is 1.55 bits per heavy atom. The number of pyridine rings is 1. The highest BCUT2D eigenvalue weighted by molar-refractivity contribution is 5.91. The summed E-state index contributed by atoms with van der Waals surface area (Å²) in [7, 11) is 0. The molecule has 0 bridgehead atoms. The Labute approximate surface area is 169 Å². The van der Waals surface area contributed by atoms with Crippen molar-refractivity contribution < 1.29 is 0 Å². The Bertz CT molecular complexity index is 1290. The Morgan fingerprint density at radius 1 is 0.759 bits per heavy atom. The molecule has 0 saturated carbocycles. The van der Waals surface area contributed by atoms with Crippen LogP contribution in [-0.2, 0) is 0 Å². The fourth-order valence-electron chi connectivity index (χ4n) is 3.72. The van der Waals surface area contributed by atoms with Crippen molar-refractivity contribution in [1.29, 1.82) is 0 Å². The maximum absolute atomic E-state index is 4.85. The first-order valence-corrected chi connectivity index (χ1v) is 9.71. The van der Waals surface area contributed by atoms with Crippen molar-refractivity contribution in [3.05, 3.63) is 96.8 Å². The van der Waals surface area contributed by atoms with Gasteiger partial charge in [0.1, 0.15) is 5.82 Å². The van der Waals surface area contributed by atoms with Gasteiger partial charge in [0, 0.05) is 23.3 Å². The SMILES string of the molecule is CC(Nc1nc(-c2cccnc2)nc2ccccc12)c1cccc2ccccc12. The number of hydrogen-bond acceptors (Lipinski definition) is 4. The van der Waals surface area contributed by atoms with Gasteiger partial charge in [-0.1, -0.05) is 54.6 Å². The second kappa shape index (κ2) is 7.32. The van der Waals surface area contributed by atoms with Crippen LogP contribution in [0.3, 0.4) is 0 Å². The van der Waals surface area contributed by atoms with Gasteiger partial charge in [-0.15, -0.1) is 0 Å². The summed E-state index contributed by atoms with van der Waals surface area (Å²) in [5, 5.41) is 7.13. The monoisotopic (exact) mass is 376 g/mol. The van der Waals surface area contributed by atoms with Crippen LogP contribution in [0.4, 0.5) is 5.82 Å². The molecule has 0 aliphatic rings. The Hall–Kier alpha value is -3.79. The van der Waals surface area contributed by atoms with Crippen LogP contribution >= 0.6 is 0 Å². The molecular weight excluding hydrogens is 356 g/mol. The standard InChI is InChI=1S/C25H20N4/c1-17(20-13-6-9-18-8-2-3-11-21(18)20)27-25-22-12-4-5-14-23(22)28-24(29-25)19-10-7-15-26-16-19/h2-17H,1H3,(H,27,28,29). The first kappa shape index (κ1) is 17.3. The molecule has 3 aromatic carbocycles. The van der Waals surface area contributed by atoms with Crippen LogP contribution in [0.5, 0.6) is 0 Å². The number of benzene rings is 3. The average molecular weight is 376 g/mol. The predicted molar refractivity (Wildman–Crippen MR) is 119 cm³/mol. The van der Waals surface area contributed by atoms with Gasteiger partial charge in [-0.2, -0.15) is 0 Å². The van der Waals surface area contributed by atoms with E-state index in [2.05, 4.69) is 65.8 Å². The second-order valence-corrected chi connectivity index (χ2v) is 7.09. The van der Waals surface area contributed by atoms with Crippen molar-refractivity contribution in [2.24, 2.45) is 0 Å². The van der Waals surface area contributed by atoms with Crippen LogP contribution in [0, 0.1) is 0 Å². The van der Waals surface area contributed by atoms with Crippen molar-refractivity contribution >= 4 is 27.5 Å². The molecule has 0 aliphatic heterocycles. The molecule has 4 heteroatoms. The zero-order valence-corrected chi connectivity index (χ0v) is 16.1. The number of nitrogens with zero attached hydrogens (tertiary/aromatic N) is 3. The van der Waals surface area contributed by atoms with Crippen LogP contribution in [-0.4, -0.2) is 15.0 Å². The molecule has 2 heterocycles. The van der Waals surface area contributed by atoms with E-state index < -0.39 is 0 Å². The van der Waals surface area contributed by atoms with E-state index in [-0.39, 0.29) is 6.04 Å². The van der Waals surface area contributed by atoms with E-state index in [9.17, 15) is 0 Å². The molecule has 1 N–H and O–H groups in total. The van der Waals surface area contributed by atoms with Gasteiger partial charge in [0.25, 0.3) is 0 Å². The number of fused-ring (bicyclic) bond motifs is 2. The molecule has 1 atom stereocenters. The highest BCUT2D eigenvalue weighted by Gasteiger charge is 2.14. The van der Waals surface area contributed by atoms with Gasteiger partial charge in [0.05, 0.1) is 11.6 Å². The summed E-state index contributed by atoms with van der Waals surface area (Å²) in [6.45, 7) is 2.17. The normalized spacial score (nSPS) is 12.2. The van der Waals surface area contributed by atoms with Crippen molar-refractivity contribution in [3.63, 3.8) is 0 Å². The quantitative estimate of drug-likeness (QED) is 0.417. The molecule has 4 nitrogen and oxygen atoms in total. The Morgan fingerprint density at radius 3 is 2.41 bits per heavy atom. The van der Waals surface area contributed by atoms with Crippen LogP contribution in [0.2, 0.25) is 0 Å². The van der Waals surface area contributed by atoms with Gasteiger partial charge in [-0.05, 0) is 47.5 Å². The summed E-state index contributed by atoms with van der Waals surface area (Å²) in [5.74, 6) is 1.50. The summed E-state index contributed by atoms with van der Waals surface area (Å²) in [5.41, 5.74) is 3.06. The van der Waals surface area contributed by atoms with E-state index in [0.29, 0.717) is 5.82 Å². The molecule has 0 saturated heterocycles. The Kier molecular flexibility index (Phi) is 4.37. The molecule has 2 aromatic heterocycles. The third kappa shape index (κ3) is 3.29. The van der Waals surface area contributed by atoms with Gasteiger partial charge in [0.2, 0.25) is 0 Å². The molecule has 5 rings (SSSR count). The predicted octanol–water partition coefficient (Wildman–Crippen LogP) is 6.02. The average Bonchev–Trinajstić information content (AvgIpc) is 2.79. The first-order chi connectivity index (χ1) is 14.3. The molecule has 1 unspecified atom stereocenters. The molecule has 5 aromatic rings. The second-order valence-electron chi connectivity index (χ2n) is 7.09. The number of hydrogen-bond donors (Lipinski definition) is 1. The summed E-state index contributed by atoms with van der Waals surface area (Å²) in [4.78, 5) is 13.8. The largest absolute Gasteiger partial charge is 0.363 e. The summed E-state index contributed by atoms with van der Waals surface area (Å²) >= 11 is 0. The molecule has 0 amide bonds. The molecular formula is C25H20N4. The maximum Gasteiger partial charge on any atom is 0.163 e. The van der Waals surface area contributed by atoms with Gasteiger partial charge >= 0.3 is 0 Å². The minimum Gasteiger partial charge on any atom is -0.363 e.